The SMILES string of the molecule is CC(C)[P+](NS(=O)(=O)C(F)(F)F)(C(C)C)C(C)C. The van der Waals surface area contributed by atoms with Crippen LogP contribution in [0.5, 0.6) is 0 Å². The molecule has 0 heterocycles. The lowest BCUT2D eigenvalue weighted by molar-refractivity contribution is -0.0441. The maximum Gasteiger partial charge on any atom is 0.514 e. The van der Waals surface area contributed by atoms with Crippen LogP contribution < -0.4 is 4.49 Å². The van der Waals surface area contributed by atoms with Gasteiger partial charge in [0.25, 0.3) is 0 Å². The first kappa shape index (κ1) is 18.1. The summed E-state index contributed by atoms with van der Waals surface area (Å²) in [6, 6.07) is 0. The fraction of sp³-hybridized carbons (Fsp3) is 1.00. The van der Waals surface area contributed by atoms with E-state index in [-0.39, 0.29) is 17.0 Å². The van der Waals surface area contributed by atoms with E-state index in [0.29, 0.717) is 0 Å². The van der Waals surface area contributed by atoms with E-state index in [1.165, 1.54) is 0 Å². The Hall–Kier alpha value is 0.130. The predicted octanol–water partition coefficient (Wildman–Crippen LogP) is 3.58. The molecule has 0 atom stereocenters. The highest BCUT2D eigenvalue weighted by Crippen LogP contribution is 2.67. The van der Waals surface area contributed by atoms with Crippen LogP contribution in [0.1, 0.15) is 41.5 Å². The first-order chi connectivity index (χ1) is 7.79. The van der Waals surface area contributed by atoms with Gasteiger partial charge in [0.05, 0.1) is 17.0 Å². The molecule has 0 aliphatic rings. The Kier molecular flexibility index (Phi) is 5.67. The molecule has 8 heteroatoms. The van der Waals surface area contributed by atoms with Crippen LogP contribution in [0.2, 0.25) is 0 Å². The van der Waals surface area contributed by atoms with Crippen LogP contribution in [0, 0.1) is 0 Å². The number of hydrogen-bond acceptors (Lipinski definition) is 2. The molecule has 0 spiro atoms. The summed E-state index contributed by atoms with van der Waals surface area (Å²) in [7, 11) is -7.78. The summed E-state index contributed by atoms with van der Waals surface area (Å²) in [5.74, 6) is 0. The number of hydrogen-bond donors (Lipinski definition) is 1. The first-order valence-electron chi connectivity index (χ1n) is 5.77. The van der Waals surface area contributed by atoms with Crippen LogP contribution >= 0.6 is 7.41 Å². The van der Waals surface area contributed by atoms with Crippen LogP contribution in [-0.4, -0.2) is 30.9 Å². The molecular formula is C10H22F3NO2PS+. The van der Waals surface area contributed by atoms with Crippen molar-refractivity contribution in [2.24, 2.45) is 0 Å². The van der Waals surface area contributed by atoms with Crippen LogP contribution in [0.25, 0.3) is 0 Å². The second-order valence-corrected chi connectivity index (χ2v) is 12.1. The number of alkyl halides is 3. The van der Waals surface area contributed by atoms with Gasteiger partial charge in [0.15, 0.2) is 0 Å². The van der Waals surface area contributed by atoms with Crippen molar-refractivity contribution in [3.05, 3.63) is 0 Å². The molecule has 0 rings (SSSR count). The third kappa shape index (κ3) is 3.36. The maximum atomic E-state index is 12.5. The van der Waals surface area contributed by atoms with E-state index in [9.17, 15) is 21.6 Å². The average molecular weight is 308 g/mol. The van der Waals surface area contributed by atoms with Crippen molar-refractivity contribution in [3.63, 3.8) is 0 Å². The number of rotatable bonds is 5. The van der Waals surface area contributed by atoms with Gasteiger partial charge >= 0.3 is 15.5 Å². The van der Waals surface area contributed by atoms with Gasteiger partial charge in [-0.15, -0.1) is 0 Å². The minimum atomic E-state index is -5.29. The summed E-state index contributed by atoms with van der Waals surface area (Å²) in [6.07, 6.45) is 0. The van der Waals surface area contributed by atoms with Crippen LogP contribution in [-0.2, 0) is 10.0 Å². The van der Waals surface area contributed by atoms with Gasteiger partial charge in [-0.3, -0.25) is 0 Å². The predicted molar refractivity (Wildman–Crippen MR) is 70.4 cm³/mol. The molecule has 0 unspecified atom stereocenters. The molecular weight excluding hydrogens is 286 g/mol. The Morgan fingerprint density at radius 2 is 1.17 bits per heavy atom. The fourth-order valence-corrected chi connectivity index (χ4v) is 10.6. The summed E-state index contributed by atoms with van der Waals surface area (Å²) in [4.78, 5) is 0. The van der Waals surface area contributed by atoms with E-state index in [1.807, 2.05) is 4.49 Å². The molecule has 0 bridgehead atoms. The fourth-order valence-electron chi connectivity index (χ4n) is 2.36. The van der Waals surface area contributed by atoms with Gasteiger partial charge in [0, 0.05) is 0 Å². The Balaban J connectivity index is 5.68. The molecule has 3 nitrogen and oxygen atoms in total. The second-order valence-electron chi connectivity index (χ2n) is 5.16. The van der Waals surface area contributed by atoms with Crippen LogP contribution in [0.4, 0.5) is 13.2 Å². The summed E-state index contributed by atoms with van der Waals surface area (Å²) < 4.78 is 62.3. The van der Waals surface area contributed by atoms with Gasteiger partial charge in [-0.1, -0.05) is 4.49 Å². The molecule has 0 fully saturated rings. The lowest BCUT2D eigenvalue weighted by atomic mass is 10.5. The van der Waals surface area contributed by atoms with Crippen LogP contribution in [0.15, 0.2) is 0 Å². The standard InChI is InChI=1S/C10H22F3NO2PS/c1-7(2)17(8(3)4,9(5)6)14-18(15,16)10(11,12)13/h7-9,14H,1-6H3/q+1. The molecule has 0 aliphatic carbocycles. The number of halogens is 3. The summed E-state index contributed by atoms with van der Waals surface area (Å²) in [6.45, 7) is 10.6. The van der Waals surface area contributed by atoms with E-state index < -0.39 is 22.9 Å². The molecule has 0 saturated carbocycles. The Labute approximate surface area is 108 Å². The summed E-state index contributed by atoms with van der Waals surface area (Å²) in [5.41, 5.74) is -5.68. The molecule has 0 saturated heterocycles. The van der Waals surface area contributed by atoms with Crippen molar-refractivity contribution in [2.75, 3.05) is 0 Å². The Morgan fingerprint density at radius 1 is 0.889 bits per heavy atom. The van der Waals surface area contributed by atoms with Gasteiger partial charge in [0.2, 0.25) is 0 Å². The van der Waals surface area contributed by atoms with E-state index in [2.05, 4.69) is 0 Å². The molecule has 0 radical (unpaired) electrons. The van der Waals surface area contributed by atoms with Gasteiger partial charge in [-0.25, -0.2) is 0 Å². The monoisotopic (exact) mass is 308 g/mol. The zero-order chi connectivity index (χ0) is 14.9. The van der Waals surface area contributed by atoms with Crippen LogP contribution in [0.3, 0.4) is 0 Å². The zero-order valence-corrected chi connectivity index (χ0v) is 13.2. The first-order valence-corrected chi connectivity index (χ1v) is 9.25. The highest BCUT2D eigenvalue weighted by molar-refractivity contribution is 7.99. The molecule has 0 aromatic carbocycles. The summed E-state index contributed by atoms with van der Waals surface area (Å²) in [5, 5.41) is 0. The largest absolute Gasteiger partial charge is 0.514 e. The highest BCUT2D eigenvalue weighted by atomic mass is 32.2. The molecule has 0 aromatic rings. The third-order valence-corrected chi connectivity index (χ3v) is 11.1. The van der Waals surface area contributed by atoms with Crippen molar-refractivity contribution in [1.82, 2.24) is 4.49 Å². The smallest absolute Gasteiger partial charge is 0.200 e. The number of sulfonamides is 1. The lowest BCUT2D eigenvalue weighted by Gasteiger charge is -2.37. The van der Waals surface area contributed by atoms with Gasteiger partial charge in [-0.2, -0.15) is 21.6 Å². The normalized spacial score (nSPS) is 14.9. The van der Waals surface area contributed by atoms with Gasteiger partial charge in [0.1, 0.15) is 7.41 Å². The molecule has 0 aromatic heterocycles. The molecule has 18 heavy (non-hydrogen) atoms. The topological polar surface area (TPSA) is 46.2 Å². The molecule has 110 valence electrons. The average Bonchev–Trinajstić information content (AvgIpc) is 2.10. The van der Waals surface area contributed by atoms with E-state index in [4.69, 9.17) is 0 Å². The van der Waals surface area contributed by atoms with Crippen molar-refractivity contribution in [3.8, 4) is 0 Å². The summed E-state index contributed by atoms with van der Waals surface area (Å²) >= 11 is 0. The van der Waals surface area contributed by atoms with Crippen molar-refractivity contribution in [2.45, 2.75) is 64.0 Å². The second kappa shape index (κ2) is 5.63. The Morgan fingerprint density at radius 3 is 1.33 bits per heavy atom. The van der Waals surface area contributed by atoms with Crippen molar-refractivity contribution >= 4 is 17.4 Å². The van der Waals surface area contributed by atoms with Gasteiger partial charge < -0.3 is 0 Å². The maximum absolute atomic E-state index is 12.5. The highest BCUT2D eigenvalue weighted by Gasteiger charge is 2.58. The van der Waals surface area contributed by atoms with Crippen molar-refractivity contribution in [1.29, 1.82) is 0 Å². The molecule has 1 N–H and O–H groups in total. The molecule has 0 aliphatic heterocycles. The van der Waals surface area contributed by atoms with E-state index in [0.717, 1.165) is 0 Å². The minimum absolute atomic E-state index is 0.144. The number of nitrogens with one attached hydrogen (secondary N) is 1. The van der Waals surface area contributed by atoms with E-state index >= 15 is 0 Å². The zero-order valence-electron chi connectivity index (χ0n) is 11.5. The Bertz CT molecular complexity index is 355. The minimum Gasteiger partial charge on any atom is -0.200 e. The van der Waals surface area contributed by atoms with Crippen molar-refractivity contribution < 1.29 is 21.6 Å². The molecule has 0 amide bonds. The third-order valence-electron chi connectivity index (χ3n) is 3.15. The lowest BCUT2D eigenvalue weighted by Crippen LogP contribution is -2.43. The van der Waals surface area contributed by atoms with E-state index in [1.54, 1.807) is 41.5 Å². The van der Waals surface area contributed by atoms with Gasteiger partial charge in [-0.05, 0) is 41.5 Å². The quantitative estimate of drug-likeness (QED) is 0.789.